The number of fused-ring (bicyclic) bond motifs is 1. The molecule has 7 heteroatoms. The number of nitrogens with zero attached hydrogens (tertiary/aromatic N) is 3. The fraction of sp³-hybridized carbons (Fsp3) is 0.357. The molecule has 0 fully saturated rings. The van der Waals surface area contributed by atoms with Gasteiger partial charge in [-0.1, -0.05) is 0 Å². The molecule has 1 aromatic rings. The van der Waals surface area contributed by atoms with Crippen molar-refractivity contribution >= 4 is 5.91 Å². The summed E-state index contributed by atoms with van der Waals surface area (Å²) >= 11 is 0. The minimum atomic E-state index is -2.79. The first-order chi connectivity index (χ1) is 9.87. The van der Waals surface area contributed by atoms with Gasteiger partial charge in [0.1, 0.15) is 23.3 Å². The molecule has 0 bridgehead atoms. The lowest BCUT2D eigenvalue weighted by molar-refractivity contribution is -0.146. The third-order valence-electron chi connectivity index (χ3n) is 3.22. The zero-order valence-corrected chi connectivity index (χ0v) is 11.5. The molecule has 110 valence electrons. The number of hydrogen-bond acceptors (Lipinski definition) is 4. The molecule has 1 aliphatic rings. The van der Waals surface area contributed by atoms with Crippen molar-refractivity contribution in [3.05, 3.63) is 36.0 Å². The number of rotatable bonds is 2. The van der Waals surface area contributed by atoms with Gasteiger partial charge in [0.15, 0.2) is 5.75 Å². The van der Waals surface area contributed by atoms with Gasteiger partial charge in [-0.2, -0.15) is 5.26 Å². The number of aromatic nitrogens is 1. The Morgan fingerprint density at radius 1 is 1.52 bits per heavy atom. The molecule has 0 radical (unpaired) electrons. The van der Waals surface area contributed by atoms with Crippen LogP contribution in [0.25, 0.3) is 0 Å². The van der Waals surface area contributed by atoms with E-state index in [1.54, 1.807) is 0 Å². The van der Waals surface area contributed by atoms with Gasteiger partial charge >= 0.3 is 0 Å². The molecule has 5 nitrogen and oxygen atoms in total. The number of amides is 1. The van der Waals surface area contributed by atoms with Crippen molar-refractivity contribution in [2.45, 2.75) is 26.8 Å². The number of carbonyl (C=O) groups is 1. The van der Waals surface area contributed by atoms with Gasteiger partial charge in [-0.25, -0.2) is 8.78 Å². The molecular weight excluding hydrogens is 280 g/mol. The van der Waals surface area contributed by atoms with Crippen LogP contribution in [0.1, 0.15) is 25.0 Å². The Balaban J connectivity index is 2.34. The second-order valence-electron chi connectivity index (χ2n) is 5.15. The first kappa shape index (κ1) is 14.9. The van der Waals surface area contributed by atoms with E-state index in [1.165, 1.54) is 38.7 Å². The number of nitriles is 1. The summed E-state index contributed by atoms with van der Waals surface area (Å²) in [6.45, 7) is 2.39. The summed E-state index contributed by atoms with van der Waals surface area (Å²) in [6.07, 6.45) is 2.48. The lowest BCUT2D eigenvalue weighted by Gasteiger charge is -2.28. The van der Waals surface area contributed by atoms with Crippen LogP contribution < -0.4 is 4.74 Å². The fourth-order valence-electron chi connectivity index (χ4n) is 1.83. The van der Waals surface area contributed by atoms with E-state index in [2.05, 4.69) is 4.98 Å². The molecule has 0 aliphatic carbocycles. The third kappa shape index (κ3) is 2.70. The summed E-state index contributed by atoms with van der Waals surface area (Å²) < 4.78 is 31.3. The van der Waals surface area contributed by atoms with Crippen molar-refractivity contribution in [3.8, 4) is 11.8 Å². The van der Waals surface area contributed by atoms with E-state index in [1.807, 2.05) is 6.07 Å². The van der Waals surface area contributed by atoms with Crippen molar-refractivity contribution in [3.63, 3.8) is 0 Å². The van der Waals surface area contributed by atoms with Crippen molar-refractivity contribution in [2.24, 2.45) is 5.41 Å². The SMILES string of the molecule is CC(C)(C(=O)N1C=COc2c(C#N)cncc2C1)C(F)F. The Morgan fingerprint density at radius 3 is 2.86 bits per heavy atom. The lowest BCUT2D eigenvalue weighted by Crippen LogP contribution is -2.41. The van der Waals surface area contributed by atoms with Crippen molar-refractivity contribution in [2.75, 3.05) is 0 Å². The summed E-state index contributed by atoms with van der Waals surface area (Å²) in [6, 6.07) is 1.93. The topological polar surface area (TPSA) is 66.2 Å². The van der Waals surface area contributed by atoms with Gasteiger partial charge in [-0.05, 0) is 13.8 Å². The average Bonchev–Trinajstić information content (AvgIpc) is 2.67. The summed E-state index contributed by atoms with van der Waals surface area (Å²) in [5, 5.41) is 8.99. The smallest absolute Gasteiger partial charge is 0.252 e. The molecule has 0 aromatic carbocycles. The summed E-state index contributed by atoms with van der Waals surface area (Å²) in [5.41, 5.74) is -1.10. The number of alkyl halides is 2. The Morgan fingerprint density at radius 2 is 2.24 bits per heavy atom. The highest BCUT2D eigenvalue weighted by molar-refractivity contribution is 5.83. The molecule has 21 heavy (non-hydrogen) atoms. The van der Waals surface area contributed by atoms with E-state index < -0.39 is 17.7 Å². The monoisotopic (exact) mass is 293 g/mol. The molecule has 0 saturated carbocycles. The Labute approximate surface area is 120 Å². The number of carbonyl (C=O) groups excluding carboxylic acids is 1. The normalized spacial score (nSPS) is 14.2. The fourth-order valence-corrected chi connectivity index (χ4v) is 1.83. The average molecular weight is 293 g/mol. The van der Waals surface area contributed by atoms with Crippen molar-refractivity contribution < 1.29 is 18.3 Å². The maximum Gasteiger partial charge on any atom is 0.252 e. The number of pyridine rings is 1. The van der Waals surface area contributed by atoms with E-state index in [0.29, 0.717) is 5.56 Å². The highest BCUT2D eigenvalue weighted by Crippen LogP contribution is 2.31. The van der Waals surface area contributed by atoms with E-state index in [4.69, 9.17) is 10.00 Å². The molecule has 1 amide bonds. The first-order valence-electron chi connectivity index (χ1n) is 6.17. The predicted octanol–water partition coefficient (Wildman–Crippen LogP) is 2.44. The van der Waals surface area contributed by atoms with Gasteiger partial charge in [0.05, 0.1) is 6.54 Å². The van der Waals surface area contributed by atoms with E-state index in [0.717, 1.165) is 4.90 Å². The highest BCUT2D eigenvalue weighted by atomic mass is 19.3. The Kier molecular flexibility index (Phi) is 3.89. The van der Waals surface area contributed by atoms with Crippen LogP contribution in [0.15, 0.2) is 24.9 Å². The van der Waals surface area contributed by atoms with Crippen molar-refractivity contribution in [1.29, 1.82) is 5.26 Å². The predicted molar refractivity (Wildman–Crippen MR) is 69.1 cm³/mol. The number of halogens is 2. The van der Waals surface area contributed by atoms with Crippen LogP contribution in [0.3, 0.4) is 0 Å². The van der Waals surface area contributed by atoms with E-state index >= 15 is 0 Å². The van der Waals surface area contributed by atoms with Crippen LogP contribution >= 0.6 is 0 Å². The quantitative estimate of drug-likeness (QED) is 0.840. The molecular formula is C14H13F2N3O2. The Bertz CT molecular complexity index is 636. The van der Waals surface area contributed by atoms with E-state index in [-0.39, 0.29) is 17.9 Å². The molecule has 0 atom stereocenters. The second kappa shape index (κ2) is 5.48. The zero-order valence-electron chi connectivity index (χ0n) is 11.5. The largest absolute Gasteiger partial charge is 0.462 e. The van der Waals surface area contributed by atoms with Gasteiger partial charge in [0, 0.05) is 24.2 Å². The van der Waals surface area contributed by atoms with Crippen LogP contribution in [0, 0.1) is 16.7 Å². The molecule has 1 aromatic heterocycles. The van der Waals surface area contributed by atoms with Crippen molar-refractivity contribution in [1.82, 2.24) is 9.88 Å². The standard InChI is InChI=1S/C14H13F2N3O2/c1-14(2,12(15)16)13(20)19-3-4-21-11-9(5-17)6-18-7-10(11)8-19/h3-4,6-7,12H,8H2,1-2H3. The summed E-state index contributed by atoms with van der Waals surface area (Å²) in [7, 11) is 0. The van der Waals surface area contributed by atoms with E-state index in [9.17, 15) is 13.6 Å². The van der Waals surface area contributed by atoms with Gasteiger partial charge in [0.2, 0.25) is 5.91 Å². The lowest BCUT2D eigenvalue weighted by atomic mass is 9.92. The minimum absolute atomic E-state index is 0.0172. The summed E-state index contributed by atoms with van der Waals surface area (Å²) in [5.74, 6) is -0.443. The van der Waals surface area contributed by atoms with Gasteiger partial charge in [0.25, 0.3) is 6.43 Å². The molecule has 0 spiro atoms. The van der Waals surface area contributed by atoms with Crippen LogP contribution in [-0.4, -0.2) is 22.2 Å². The first-order valence-corrected chi connectivity index (χ1v) is 6.17. The minimum Gasteiger partial charge on any atom is -0.462 e. The van der Waals surface area contributed by atoms with Crippen LogP contribution in [0.2, 0.25) is 0 Å². The highest BCUT2D eigenvalue weighted by Gasteiger charge is 2.40. The van der Waals surface area contributed by atoms with Gasteiger partial charge < -0.3 is 9.64 Å². The molecule has 0 N–H and O–H groups in total. The second-order valence-corrected chi connectivity index (χ2v) is 5.15. The van der Waals surface area contributed by atoms with Crippen LogP contribution in [0.4, 0.5) is 8.78 Å². The van der Waals surface area contributed by atoms with Crippen LogP contribution in [0.5, 0.6) is 5.75 Å². The molecule has 1 aliphatic heterocycles. The third-order valence-corrected chi connectivity index (χ3v) is 3.22. The molecule has 2 heterocycles. The molecule has 2 rings (SSSR count). The van der Waals surface area contributed by atoms with Gasteiger partial charge in [-0.3, -0.25) is 9.78 Å². The Hall–Kier alpha value is -2.49. The number of ether oxygens (including phenoxy) is 1. The number of hydrogen-bond donors (Lipinski definition) is 0. The van der Waals surface area contributed by atoms with Gasteiger partial charge in [-0.15, -0.1) is 0 Å². The zero-order chi connectivity index (χ0) is 15.6. The molecule has 0 saturated heterocycles. The van der Waals surface area contributed by atoms with Crippen LogP contribution in [-0.2, 0) is 11.3 Å². The maximum atomic E-state index is 13.0. The molecule has 0 unspecified atom stereocenters. The summed E-state index contributed by atoms with van der Waals surface area (Å²) in [4.78, 5) is 17.3. The maximum absolute atomic E-state index is 13.0.